The average molecular weight is 466 g/mol. The largest absolute Gasteiger partial charge is 0.507 e. The maximum Gasteiger partial charge on any atom is 0.450 e. The fourth-order valence-corrected chi connectivity index (χ4v) is 4.73. The van der Waals surface area contributed by atoms with Crippen molar-refractivity contribution in [3.05, 3.63) is 63.0 Å². The Bertz CT molecular complexity index is 1210. The normalized spacial score (nSPS) is 17.7. The molecule has 1 aliphatic rings. The van der Waals surface area contributed by atoms with Gasteiger partial charge in [-0.25, -0.2) is 0 Å². The fourth-order valence-electron chi connectivity index (χ4n) is 4.50. The number of nitrogens with zero attached hydrogens (tertiary/aromatic N) is 1. The highest BCUT2D eigenvalue weighted by Crippen LogP contribution is 2.41. The Kier molecular flexibility index (Phi) is 6.23. The first kappa shape index (κ1) is 22.7. The van der Waals surface area contributed by atoms with Crippen molar-refractivity contribution < 1.29 is 22.7 Å². The van der Waals surface area contributed by atoms with E-state index in [1.165, 1.54) is 30.3 Å². The van der Waals surface area contributed by atoms with Gasteiger partial charge in [0.25, 0.3) is 0 Å². The molecule has 1 atom stereocenters. The van der Waals surface area contributed by atoms with Crippen LogP contribution in [0.4, 0.5) is 13.2 Å². The number of halogens is 4. The molecule has 1 aromatic heterocycles. The van der Waals surface area contributed by atoms with Crippen molar-refractivity contribution in [2.24, 2.45) is 0 Å². The molecule has 32 heavy (non-hydrogen) atoms. The molecule has 1 N–H and O–H groups in total. The molecule has 1 aliphatic heterocycles. The molecule has 8 heteroatoms. The number of phenols is 1. The zero-order valence-electron chi connectivity index (χ0n) is 17.5. The van der Waals surface area contributed by atoms with Crippen molar-refractivity contribution in [2.45, 2.75) is 51.4 Å². The van der Waals surface area contributed by atoms with Gasteiger partial charge in [0, 0.05) is 23.2 Å². The van der Waals surface area contributed by atoms with Crippen molar-refractivity contribution in [1.82, 2.24) is 4.90 Å². The third-order valence-electron chi connectivity index (χ3n) is 6.12. The number of piperidine rings is 1. The molecule has 0 amide bonds. The van der Waals surface area contributed by atoms with Gasteiger partial charge in [-0.05, 0) is 44.0 Å². The Balaban J connectivity index is 1.97. The summed E-state index contributed by atoms with van der Waals surface area (Å²) >= 11 is 6.13. The Hall–Kier alpha value is -2.51. The van der Waals surface area contributed by atoms with Gasteiger partial charge in [-0.1, -0.05) is 43.1 Å². The van der Waals surface area contributed by atoms with Crippen molar-refractivity contribution in [3.8, 4) is 16.9 Å². The van der Waals surface area contributed by atoms with Gasteiger partial charge in [-0.3, -0.25) is 9.69 Å². The summed E-state index contributed by atoms with van der Waals surface area (Å²) in [5.41, 5.74) is -1.56. The number of likely N-dealkylation sites (tertiary alicyclic amines) is 1. The van der Waals surface area contributed by atoms with Crippen LogP contribution in [0.3, 0.4) is 0 Å². The van der Waals surface area contributed by atoms with E-state index in [0.29, 0.717) is 0 Å². The number of fused-ring (bicyclic) bond motifs is 1. The summed E-state index contributed by atoms with van der Waals surface area (Å²) in [6, 6.07) is 8.75. The van der Waals surface area contributed by atoms with Gasteiger partial charge in [0.05, 0.1) is 16.5 Å². The Morgan fingerprint density at radius 2 is 1.94 bits per heavy atom. The predicted molar refractivity (Wildman–Crippen MR) is 118 cm³/mol. The number of aromatic hydroxyl groups is 1. The third-order valence-corrected chi connectivity index (χ3v) is 6.45. The lowest BCUT2D eigenvalue weighted by Crippen LogP contribution is -2.38. The minimum Gasteiger partial charge on any atom is -0.507 e. The van der Waals surface area contributed by atoms with E-state index in [9.17, 15) is 23.1 Å². The van der Waals surface area contributed by atoms with Gasteiger partial charge in [0.2, 0.25) is 11.2 Å². The van der Waals surface area contributed by atoms with Crippen LogP contribution < -0.4 is 5.43 Å². The molecule has 4 nitrogen and oxygen atoms in total. The molecule has 1 saturated heterocycles. The molecule has 0 radical (unpaired) electrons. The zero-order chi connectivity index (χ0) is 23.0. The third kappa shape index (κ3) is 4.11. The summed E-state index contributed by atoms with van der Waals surface area (Å²) in [4.78, 5) is 15.4. The summed E-state index contributed by atoms with van der Waals surface area (Å²) in [7, 11) is 0. The number of rotatable bonds is 4. The summed E-state index contributed by atoms with van der Waals surface area (Å²) in [5.74, 6) is -1.61. The second-order valence-electron chi connectivity index (χ2n) is 8.08. The van der Waals surface area contributed by atoms with Crippen molar-refractivity contribution in [3.63, 3.8) is 0 Å². The fraction of sp³-hybridized carbons (Fsp3) is 0.375. The Morgan fingerprint density at radius 1 is 1.19 bits per heavy atom. The van der Waals surface area contributed by atoms with Crippen molar-refractivity contribution >= 4 is 22.6 Å². The van der Waals surface area contributed by atoms with Crippen LogP contribution >= 0.6 is 11.6 Å². The lowest BCUT2D eigenvalue weighted by Gasteiger charge is -2.35. The molecule has 0 aliphatic carbocycles. The standard InChI is InChI=1S/C24H23ClF3NO3/c1-2-14-7-5-6-12-29(14)13-17-19(30)11-10-16-21(31)20(15-8-3-4-9-18(15)25)23(24(26,27)28)32-22(16)17/h3-4,8-11,14,30H,2,5-7,12-13H2,1H3. The van der Waals surface area contributed by atoms with Gasteiger partial charge in [0.1, 0.15) is 11.3 Å². The molecule has 0 bridgehead atoms. The summed E-state index contributed by atoms with van der Waals surface area (Å²) in [6.45, 7) is 3.03. The lowest BCUT2D eigenvalue weighted by atomic mass is 9.97. The maximum atomic E-state index is 14.0. The Morgan fingerprint density at radius 3 is 2.62 bits per heavy atom. The van der Waals surface area contributed by atoms with E-state index >= 15 is 0 Å². The highest BCUT2D eigenvalue weighted by molar-refractivity contribution is 6.33. The monoisotopic (exact) mass is 465 g/mol. The molecule has 1 unspecified atom stereocenters. The van der Waals surface area contributed by atoms with Crippen LogP contribution in [-0.2, 0) is 12.7 Å². The van der Waals surface area contributed by atoms with Crippen LogP contribution in [-0.4, -0.2) is 22.6 Å². The second kappa shape index (κ2) is 8.79. The highest BCUT2D eigenvalue weighted by Gasteiger charge is 2.40. The molecule has 4 rings (SSSR count). The van der Waals surface area contributed by atoms with E-state index in [2.05, 4.69) is 11.8 Å². The Labute approximate surface area is 188 Å². The molecule has 170 valence electrons. The van der Waals surface area contributed by atoms with Crippen LogP contribution in [0.2, 0.25) is 5.02 Å². The van der Waals surface area contributed by atoms with Crippen LogP contribution in [0.5, 0.6) is 5.75 Å². The molecule has 2 aromatic carbocycles. The molecule has 0 spiro atoms. The van der Waals surface area contributed by atoms with Crippen LogP contribution in [0.15, 0.2) is 45.6 Å². The molecule has 2 heterocycles. The van der Waals surface area contributed by atoms with E-state index in [-0.39, 0.29) is 45.5 Å². The minimum absolute atomic E-state index is 0.0164. The molecule has 0 saturated carbocycles. The van der Waals surface area contributed by atoms with E-state index in [0.717, 1.165) is 32.2 Å². The van der Waals surface area contributed by atoms with Gasteiger partial charge in [0.15, 0.2) is 0 Å². The smallest absolute Gasteiger partial charge is 0.450 e. The SMILES string of the molecule is CCC1CCCCN1Cc1c(O)ccc2c(=O)c(-c3ccccc3Cl)c(C(F)(F)F)oc12. The van der Waals surface area contributed by atoms with Gasteiger partial charge in [-0.15, -0.1) is 0 Å². The number of hydrogen-bond donors (Lipinski definition) is 1. The topological polar surface area (TPSA) is 53.7 Å². The maximum absolute atomic E-state index is 14.0. The number of alkyl halides is 3. The van der Waals surface area contributed by atoms with Crippen LogP contribution in [0.1, 0.15) is 43.9 Å². The van der Waals surface area contributed by atoms with Crippen molar-refractivity contribution in [1.29, 1.82) is 0 Å². The summed E-state index contributed by atoms with van der Waals surface area (Å²) in [5, 5.41) is 10.5. The number of phenolic OH excluding ortho intramolecular Hbond substituents is 1. The highest BCUT2D eigenvalue weighted by atomic mass is 35.5. The zero-order valence-corrected chi connectivity index (χ0v) is 18.3. The van der Waals surface area contributed by atoms with Gasteiger partial charge < -0.3 is 9.52 Å². The average Bonchev–Trinajstić information content (AvgIpc) is 2.76. The first-order valence-corrected chi connectivity index (χ1v) is 11.0. The summed E-state index contributed by atoms with van der Waals surface area (Å²) in [6.07, 6.45) is -1.00. The quantitative estimate of drug-likeness (QED) is 0.471. The van der Waals surface area contributed by atoms with Gasteiger partial charge in [-0.2, -0.15) is 13.2 Å². The molecule has 1 fully saturated rings. The van der Waals surface area contributed by atoms with E-state index in [1.54, 1.807) is 6.07 Å². The first-order valence-electron chi connectivity index (χ1n) is 10.6. The predicted octanol–water partition coefficient (Wildman–Crippen LogP) is 6.60. The molecular formula is C24H23ClF3NO3. The van der Waals surface area contributed by atoms with E-state index in [4.69, 9.17) is 16.0 Å². The molecular weight excluding hydrogens is 443 g/mol. The summed E-state index contributed by atoms with van der Waals surface area (Å²) < 4.78 is 47.5. The first-order chi connectivity index (χ1) is 15.2. The lowest BCUT2D eigenvalue weighted by molar-refractivity contribution is -0.152. The van der Waals surface area contributed by atoms with Crippen LogP contribution in [0, 0.1) is 0 Å². The number of benzene rings is 2. The molecule has 3 aromatic rings. The van der Waals surface area contributed by atoms with Crippen LogP contribution in [0.25, 0.3) is 22.1 Å². The second-order valence-corrected chi connectivity index (χ2v) is 8.49. The number of hydrogen-bond acceptors (Lipinski definition) is 4. The van der Waals surface area contributed by atoms with Crippen molar-refractivity contribution in [2.75, 3.05) is 6.54 Å². The minimum atomic E-state index is -4.93. The van der Waals surface area contributed by atoms with Gasteiger partial charge >= 0.3 is 6.18 Å². The van der Waals surface area contributed by atoms with E-state index < -0.39 is 22.9 Å². The van der Waals surface area contributed by atoms with E-state index in [1.807, 2.05) is 0 Å².